The summed E-state index contributed by atoms with van der Waals surface area (Å²) >= 11 is 0. The maximum absolute atomic E-state index is 12.8. The summed E-state index contributed by atoms with van der Waals surface area (Å²) in [6, 6.07) is 13.9. The van der Waals surface area contributed by atoms with E-state index in [1.165, 1.54) is 5.56 Å². The third-order valence-electron chi connectivity index (χ3n) is 4.71. The number of nitrogens with zero attached hydrogens (tertiary/aromatic N) is 1. The second-order valence-electron chi connectivity index (χ2n) is 6.50. The van der Waals surface area contributed by atoms with Gasteiger partial charge in [0.2, 0.25) is 0 Å². The van der Waals surface area contributed by atoms with Crippen molar-refractivity contribution in [3.63, 3.8) is 0 Å². The van der Waals surface area contributed by atoms with Crippen LogP contribution in [0.2, 0.25) is 0 Å². The minimum absolute atomic E-state index is 0.0400. The first-order valence-corrected chi connectivity index (χ1v) is 8.53. The molecule has 130 valence electrons. The van der Waals surface area contributed by atoms with Gasteiger partial charge >= 0.3 is 0 Å². The van der Waals surface area contributed by atoms with Gasteiger partial charge in [-0.15, -0.1) is 0 Å². The van der Waals surface area contributed by atoms with Gasteiger partial charge in [0, 0.05) is 11.4 Å². The Morgan fingerprint density at radius 3 is 2.60 bits per heavy atom. The molecule has 1 unspecified atom stereocenters. The molecule has 4 heteroatoms. The Balaban J connectivity index is 1.80. The fourth-order valence-corrected chi connectivity index (χ4v) is 3.26. The summed E-state index contributed by atoms with van der Waals surface area (Å²) in [5.74, 6) is 0.830. The zero-order valence-corrected chi connectivity index (χ0v) is 15.2. The van der Waals surface area contributed by atoms with Gasteiger partial charge in [-0.1, -0.05) is 24.3 Å². The van der Waals surface area contributed by atoms with Gasteiger partial charge in [0.15, 0.2) is 0 Å². The zero-order chi connectivity index (χ0) is 18.0. The smallest absolute Gasteiger partial charge is 0.253 e. The van der Waals surface area contributed by atoms with Gasteiger partial charge in [-0.05, 0) is 57.0 Å². The molecule has 1 aromatic carbocycles. The summed E-state index contributed by atoms with van der Waals surface area (Å²) in [5, 5.41) is 3.12. The zero-order valence-electron chi connectivity index (χ0n) is 15.2. The van der Waals surface area contributed by atoms with Gasteiger partial charge in [-0.25, -0.2) is 0 Å². The van der Waals surface area contributed by atoms with E-state index in [1.807, 2.05) is 51.1 Å². The largest absolute Gasteiger partial charge is 0.467 e. The molecule has 2 aromatic heterocycles. The summed E-state index contributed by atoms with van der Waals surface area (Å²) in [5.41, 5.74) is 5.02. The van der Waals surface area contributed by atoms with E-state index >= 15 is 0 Å². The lowest BCUT2D eigenvalue weighted by molar-refractivity contribution is 0.0939. The number of rotatable bonds is 5. The van der Waals surface area contributed by atoms with Crippen LogP contribution >= 0.6 is 0 Å². The van der Waals surface area contributed by atoms with Crippen LogP contribution in [0.5, 0.6) is 0 Å². The lowest BCUT2D eigenvalue weighted by Crippen LogP contribution is -2.27. The minimum atomic E-state index is -0.0467. The van der Waals surface area contributed by atoms with Gasteiger partial charge in [-0.3, -0.25) is 4.79 Å². The molecule has 1 N–H and O–H groups in total. The molecule has 3 rings (SSSR count). The van der Waals surface area contributed by atoms with Crippen LogP contribution < -0.4 is 5.32 Å². The average molecular weight is 336 g/mol. The number of nitrogens with one attached hydrogen (secondary N) is 1. The Morgan fingerprint density at radius 1 is 1.16 bits per heavy atom. The van der Waals surface area contributed by atoms with Crippen molar-refractivity contribution < 1.29 is 9.21 Å². The molecule has 0 saturated carbocycles. The Hall–Kier alpha value is -2.75. The fraction of sp³-hybridized carbons (Fsp3) is 0.286. The van der Waals surface area contributed by atoms with E-state index < -0.39 is 0 Å². The second-order valence-corrected chi connectivity index (χ2v) is 6.50. The van der Waals surface area contributed by atoms with Crippen LogP contribution in [-0.2, 0) is 6.54 Å². The number of hydrogen-bond acceptors (Lipinski definition) is 2. The van der Waals surface area contributed by atoms with Crippen LogP contribution in [0.4, 0.5) is 0 Å². The fourth-order valence-electron chi connectivity index (χ4n) is 3.26. The van der Waals surface area contributed by atoms with Crippen molar-refractivity contribution in [3.05, 3.63) is 82.6 Å². The second kappa shape index (κ2) is 7.01. The van der Waals surface area contributed by atoms with Gasteiger partial charge in [0.05, 0.1) is 24.4 Å². The maximum atomic E-state index is 12.8. The third-order valence-corrected chi connectivity index (χ3v) is 4.71. The SMILES string of the molecule is Cc1ccccc1C(C)NC(=O)c1cc(C)n(Cc2ccco2)c1C. The highest BCUT2D eigenvalue weighted by Gasteiger charge is 2.19. The highest BCUT2D eigenvalue weighted by atomic mass is 16.3. The molecule has 1 atom stereocenters. The number of carbonyl (C=O) groups is 1. The van der Waals surface area contributed by atoms with E-state index in [0.717, 1.165) is 22.7 Å². The molecule has 0 bridgehead atoms. The van der Waals surface area contributed by atoms with E-state index in [1.54, 1.807) is 6.26 Å². The normalized spacial score (nSPS) is 12.2. The van der Waals surface area contributed by atoms with E-state index in [4.69, 9.17) is 4.42 Å². The number of hydrogen-bond donors (Lipinski definition) is 1. The van der Waals surface area contributed by atoms with E-state index in [0.29, 0.717) is 12.1 Å². The average Bonchev–Trinajstić information content (AvgIpc) is 3.19. The molecule has 3 aromatic rings. The molecule has 0 aliphatic heterocycles. The van der Waals surface area contributed by atoms with Crippen molar-refractivity contribution in [1.82, 2.24) is 9.88 Å². The van der Waals surface area contributed by atoms with Crippen LogP contribution in [0.15, 0.2) is 53.1 Å². The Morgan fingerprint density at radius 2 is 1.92 bits per heavy atom. The van der Waals surface area contributed by atoms with E-state index in [-0.39, 0.29) is 11.9 Å². The quantitative estimate of drug-likeness (QED) is 0.743. The van der Waals surface area contributed by atoms with Crippen molar-refractivity contribution in [2.75, 3.05) is 0 Å². The lowest BCUT2D eigenvalue weighted by atomic mass is 10.0. The van der Waals surface area contributed by atoms with Crippen LogP contribution in [0.25, 0.3) is 0 Å². The molecule has 0 aliphatic rings. The predicted octanol–water partition coefficient (Wildman–Crippen LogP) is 4.55. The van der Waals surface area contributed by atoms with Crippen molar-refractivity contribution in [1.29, 1.82) is 0 Å². The number of benzene rings is 1. The van der Waals surface area contributed by atoms with Crippen LogP contribution in [-0.4, -0.2) is 10.5 Å². The van der Waals surface area contributed by atoms with E-state index in [2.05, 4.69) is 28.9 Å². The van der Waals surface area contributed by atoms with Gasteiger partial charge < -0.3 is 14.3 Å². The molecular weight excluding hydrogens is 312 g/mol. The summed E-state index contributed by atoms with van der Waals surface area (Å²) in [6.07, 6.45) is 1.67. The number of aryl methyl sites for hydroxylation is 2. The molecule has 1 amide bonds. The number of aromatic nitrogens is 1. The summed E-state index contributed by atoms with van der Waals surface area (Å²) < 4.78 is 7.53. The number of carbonyl (C=O) groups excluding carboxylic acids is 1. The molecule has 0 saturated heterocycles. The topological polar surface area (TPSA) is 47.2 Å². The maximum Gasteiger partial charge on any atom is 0.253 e. The highest BCUT2D eigenvalue weighted by Crippen LogP contribution is 2.20. The van der Waals surface area contributed by atoms with Crippen LogP contribution in [0.3, 0.4) is 0 Å². The third kappa shape index (κ3) is 3.53. The Bertz CT molecular complexity index is 875. The van der Waals surface area contributed by atoms with Crippen molar-refractivity contribution in [2.45, 2.75) is 40.3 Å². The molecule has 25 heavy (non-hydrogen) atoms. The molecule has 0 spiro atoms. The highest BCUT2D eigenvalue weighted by molar-refractivity contribution is 5.96. The molecule has 0 radical (unpaired) electrons. The summed E-state index contributed by atoms with van der Waals surface area (Å²) in [6.45, 7) is 8.70. The van der Waals surface area contributed by atoms with Gasteiger partial charge in [-0.2, -0.15) is 0 Å². The summed E-state index contributed by atoms with van der Waals surface area (Å²) in [7, 11) is 0. The molecule has 0 fully saturated rings. The van der Waals surface area contributed by atoms with Crippen molar-refractivity contribution in [3.8, 4) is 0 Å². The van der Waals surface area contributed by atoms with Crippen molar-refractivity contribution in [2.24, 2.45) is 0 Å². The first kappa shape index (κ1) is 17.1. The van der Waals surface area contributed by atoms with Crippen molar-refractivity contribution >= 4 is 5.91 Å². The first-order chi connectivity index (χ1) is 12.0. The van der Waals surface area contributed by atoms with Gasteiger partial charge in [0.25, 0.3) is 5.91 Å². The number of furan rings is 1. The Labute approximate surface area is 148 Å². The molecular formula is C21H24N2O2. The Kier molecular flexibility index (Phi) is 4.79. The van der Waals surface area contributed by atoms with Crippen LogP contribution in [0, 0.1) is 20.8 Å². The van der Waals surface area contributed by atoms with E-state index in [9.17, 15) is 4.79 Å². The molecule has 2 heterocycles. The standard InChI is InChI=1S/C21H24N2O2/c1-14-8-5-6-10-19(14)16(3)22-21(24)20-12-15(2)23(17(20)4)13-18-9-7-11-25-18/h5-12,16H,13H2,1-4H3,(H,22,24). The lowest BCUT2D eigenvalue weighted by Gasteiger charge is -2.16. The number of amides is 1. The monoisotopic (exact) mass is 336 g/mol. The van der Waals surface area contributed by atoms with Crippen LogP contribution in [0.1, 0.15) is 51.6 Å². The molecule has 0 aliphatic carbocycles. The minimum Gasteiger partial charge on any atom is -0.467 e. The molecule has 4 nitrogen and oxygen atoms in total. The van der Waals surface area contributed by atoms with Gasteiger partial charge in [0.1, 0.15) is 5.76 Å². The first-order valence-electron chi connectivity index (χ1n) is 8.53. The summed E-state index contributed by atoms with van der Waals surface area (Å²) in [4.78, 5) is 12.8. The predicted molar refractivity (Wildman–Crippen MR) is 98.8 cm³/mol.